The van der Waals surface area contributed by atoms with E-state index in [-0.39, 0.29) is 0 Å². The molecule has 20 heavy (non-hydrogen) atoms. The van der Waals surface area contributed by atoms with Crippen LogP contribution in [0.4, 0.5) is 5.69 Å². The smallest absolute Gasteiger partial charge is 0.258 e. The number of rotatable bonds is 2. The van der Waals surface area contributed by atoms with Crippen LogP contribution in [0.5, 0.6) is 0 Å². The van der Waals surface area contributed by atoms with Crippen LogP contribution < -0.4 is 5.73 Å². The number of benzene rings is 2. The fourth-order valence-electron chi connectivity index (χ4n) is 1.96. The Kier molecular flexibility index (Phi) is 3.28. The highest BCUT2D eigenvalue weighted by molar-refractivity contribution is 9.10. The van der Waals surface area contributed by atoms with Crippen molar-refractivity contribution in [1.29, 1.82) is 0 Å². The molecule has 0 unspecified atom stereocenters. The maximum Gasteiger partial charge on any atom is 0.258 e. The topological polar surface area (TPSA) is 64.9 Å². The van der Waals surface area contributed by atoms with Gasteiger partial charge in [0.2, 0.25) is 5.82 Å². The van der Waals surface area contributed by atoms with Crippen molar-refractivity contribution in [3.63, 3.8) is 0 Å². The van der Waals surface area contributed by atoms with E-state index in [1.54, 1.807) is 0 Å². The van der Waals surface area contributed by atoms with Crippen molar-refractivity contribution in [2.75, 3.05) is 5.73 Å². The summed E-state index contributed by atoms with van der Waals surface area (Å²) in [6.45, 7) is 1.94. The molecule has 3 aromatic rings. The standard InChI is InChI=1S/C15H12BrN3O/c1-9-12(6-3-7-13(9)17)15-18-14(19-20-15)10-4-2-5-11(16)8-10/h2-8H,17H2,1H3. The summed E-state index contributed by atoms with van der Waals surface area (Å²) in [5, 5.41) is 4.03. The summed E-state index contributed by atoms with van der Waals surface area (Å²) >= 11 is 3.43. The Balaban J connectivity index is 2.04. The van der Waals surface area contributed by atoms with Crippen molar-refractivity contribution in [2.24, 2.45) is 0 Å². The first-order chi connectivity index (χ1) is 9.65. The average Bonchev–Trinajstić information content (AvgIpc) is 2.91. The first-order valence-electron chi connectivity index (χ1n) is 6.10. The predicted octanol–water partition coefficient (Wildman–Crippen LogP) is 4.06. The molecule has 100 valence electrons. The lowest BCUT2D eigenvalue weighted by molar-refractivity contribution is 0.432. The molecule has 3 rings (SSSR count). The SMILES string of the molecule is Cc1c(N)cccc1-c1nc(-c2cccc(Br)c2)no1. The largest absolute Gasteiger partial charge is 0.398 e. The second-order valence-corrected chi connectivity index (χ2v) is 5.37. The van der Waals surface area contributed by atoms with Gasteiger partial charge < -0.3 is 10.3 Å². The molecule has 2 aromatic carbocycles. The molecule has 0 saturated heterocycles. The molecule has 0 radical (unpaired) electrons. The monoisotopic (exact) mass is 329 g/mol. The molecule has 4 nitrogen and oxygen atoms in total. The summed E-state index contributed by atoms with van der Waals surface area (Å²) in [5.41, 5.74) is 9.31. The lowest BCUT2D eigenvalue weighted by Gasteiger charge is -2.03. The van der Waals surface area contributed by atoms with Crippen molar-refractivity contribution in [3.05, 3.63) is 52.5 Å². The van der Waals surface area contributed by atoms with Crippen LogP contribution in [0.25, 0.3) is 22.8 Å². The van der Waals surface area contributed by atoms with E-state index in [9.17, 15) is 0 Å². The minimum absolute atomic E-state index is 0.477. The third-order valence-corrected chi connectivity index (χ3v) is 3.61. The maximum absolute atomic E-state index is 5.90. The second kappa shape index (κ2) is 5.09. The van der Waals surface area contributed by atoms with Gasteiger partial charge in [-0.3, -0.25) is 0 Å². The van der Waals surface area contributed by atoms with Gasteiger partial charge in [-0.05, 0) is 36.8 Å². The highest BCUT2D eigenvalue weighted by Gasteiger charge is 2.13. The molecule has 0 saturated carbocycles. The number of anilines is 1. The molecule has 0 aliphatic rings. The van der Waals surface area contributed by atoms with Crippen LogP contribution in [0.3, 0.4) is 0 Å². The average molecular weight is 330 g/mol. The molecule has 0 spiro atoms. The van der Waals surface area contributed by atoms with Crippen LogP contribution in [-0.4, -0.2) is 10.1 Å². The molecule has 0 aliphatic heterocycles. The predicted molar refractivity (Wildman–Crippen MR) is 82.0 cm³/mol. The Hall–Kier alpha value is -2.14. The first-order valence-corrected chi connectivity index (χ1v) is 6.89. The molecule has 1 aromatic heterocycles. The van der Waals surface area contributed by atoms with E-state index in [1.807, 2.05) is 49.4 Å². The molecule has 0 amide bonds. The number of nitrogens with two attached hydrogens (primary N) is 1. The van der Waals surface area contributed by atoms with E-state index >= 15 is 0 Å². The van der Waals surface area contributed by atoms with E-state index < -0.39 is 0 Å². The lowest BCUT2D eigenvalue weighted by atomic mass is 10.1. The quantitative estimate of drug-likeness (QED) is 0.720. The molecule has 5 heteroatoms. The van der Waals surface area contributed by atoms with Crippen molar-refractivity contribution in [2.45, 2.75) is 6.92 Å². The van der Waals surface area contributed by atoms with Gasteiger partial charge in [-0.15, -0.1) is 0 Å². The molecule has 0 fully saturated rings. The van der Waals surface area contributed by atoms with Gasteiger partial charge in [0.1, 0.15) is 0 Å². The number of nitrogen functional groups attached to an aromatic ring is 1. The minimum Gasteiger partial charge on any atom is -0.398 e. The van der Waals surface area contributed by atoms with Gasteiger partial charge >= 0.3 is 0 Å². The van der Waals surface area contributed by atoms with Gasteiger partial charge in [0.05, 0.1) is 0 Å². The Labute approximate surface area is 124 Å². The van der Waals surface area contributed by atoms with E-state index in [4.69, 9.17) is 10.3 Å². The number of aromatic nitrogens is 2. The molecule has 1 heterocycles. The number of nitrogens with zero attached hydrogens (tertiary/aromatic N) is 2. The fourth-order valence-corrected chi connectivity index (χ4v) is 2.36. The summed E-state index contributed by atoms with van der Waals surface area (Å²) in [6.07, 6.45) is 0. The van der Waals surface area contributed by atoms with Crippen LogP contribution in [0.15, 0.2) is 51.5 Å². The van der Waals surface area contributed by atoms with E-state index in [0.29, 0.717) is 17.4 Å². The van der Waals surface area contributed by atoms with Crippen LogP contribution in [-0.2, 0) is 0 Å². The zero-order valence-corrected chi connectivity index (χ0v) is 12.4. The Morgan fingerprint density at radius 1 is 1.15 bits per heavy atom. The van der Waals surface area contributed by atoms with Gasteiger partial charge in [0, 0.05) is 21.3 Å². The van der Waals surface area contributed by atoms with Crippen LogP contribution in [0.2, 0.25) is 0 Å². The lowest BCUT2D eigenvalue weighted by Crippen LogP contribution is -1.92. The Morgan fingerprint density at radius 3 is 2.75 bits per heavy atom. The summed E-state index contributed by atoms with van der Waals surface area (Å²) in [4.78, 5) is 4.44. The Bertz CT molecular complexity index is 767. The minimum atomic E-state index is 0.477. The molecule has 0 bridgehead atoms. The molecular formula is C15H12BrN3O. The van der Waals surface area contributed by atoms with Crippen LogP contribution >= 0.6 is 15.9 Å². The second-order valence-electron chi connectivity index (χ2n) is 4.45. The number of halogens is 1. The highest BCUT2D eigenvalue weighted by atomic mass is 79.9. The highest BCUT2D eigenvalue weighted by Crippen LogP contribution is 2.28. The van der Waals surface area contributed by atoms with Crippen LogP contribution in [0.1, 0.15) is 5.56 Å². The third kappa shape index (κ3) is 2.32. The zero-order valence-electron chi connectivity index (χ0n) is 10.8. The van der Waals surface area contributed by atoms with Crippen molar-refractivity contribution < 1.29 is 4.52 Å². The normalized spacial score (nSPS) is 10.7. The molecule has 0 aliphatic carbocycles. The van der Waals surface area contributed by atoms with Gasteiger partial charge in [-0.1, -0.05) is 39.3 Å². The molecule has 0 atom stereocenters. The fraction of sp³-hybridized carbons (Fsp3) is 0.0667. The van der Waals surface area contributed by atoms with E-state index in [0.717, 1.165) is 21.2 Å². The maximum atomic E-state index is 5.90. The summed E-state index contributed by atoms with van der Waals surface area (Å²) in [7, 11) is 0. The number of hydrogen-bond donors (Lipinski definition) is 1. The first kappa shape index (κ1) is 12.9. The van der Waals surface area contributed by atoms with Gasteiger partial charge in [0.25, 0.3) is 5.89 Å². The molecular weight excluding hydrogens is 318 g/mol. The van der Waals surface area contributed by atoms with Crippen molar-refractivity contribution in [3.8, 4) is 22.8 Å². The van der Waals surface area contributed by atoms with Gasteiger partial charge in [-0.25, -0.2) is 0 Å². The summed E-state index contributed by atoms with van der Waals surface area (Å²) < 4.78 is 6.32. The van der Waals surface area contributed by atoms with Crippen molar-refractivity contribution >= 4 is 21.6 Å². The Morgan fingerprint density at radius 2 is 1.95 bits per heavy atom. The van der Waals surface area contributed by atoms with E-state index in [1.165, 1.54) is 0 Å². The summed E-state index contributed by atoms with van der Waals surface area (Å²) in [5.74, 6) is 1.04. The van der Waals surface area contributed by atoms with E-state index in [2.05, 4.69) is 26.1 Å². The van der Waals surface area contributed by atoms with Crippen molar-refractivity contribution in [1.82, 2.24) is 10.1 Å². The number of hydrogen-bond acceptors (Lipinski definition) is 4. The van der Waals surface area contributed by atoms with Crippen LogP contribution in [0, 0.1) is 6.92 Å². The summed E-state index contributed by atoms with van der Waals surface area (Å²) in [6, 6.07) is 13.4. The van der Waals surface area contributed by atoms with Gasteiger partial charge in [-0.2, -0.15) is 4.98 Å². The van der Waals surface area contributed by atoms with Gasteiger partial charge in [0.15, 0.2) is 0 Å². The zero-order chi connectivity index (χ0) is 14.1. The third-order valence-electron chi connectivity index (χ3n) is 3.11. The molecule has 2 N–H and O–H groups in total.